The highest BCUT2D eigenvalue weighted by molar-refractivity contribution is 7.11. The highest BCUT2D eigenvalue weighted by Crippen LogP contribution is 1.71. The molecule has 0 aromatic carbocycles. The molecule has 0 unspecified atom stereocenters. The predicted molar refractivity (Wildman–Crippen MR) is 24.0 cm³/mol. The topological polar surface area (TPSA) is 60.7 Å². The second-order valence-corrected chi connectivity index (χ2v) is 1.15. The summed E-state index contributed by atoms with van der Waals surface area (Å²) < 4.78 is 0. The standard InChI is InChI=1S/CH6B2O3/c1-2(4)3(5)6/h4-6H,1H3. The average molecular weight is 87.7 g/mol. The summed E-state index contributed by atoms with van der Waals surface area (Å²) in [6.07, 6.45) is 0. The second-order valence-electron chi connectivity index (χ2n) is 1.15. The van der Waals surface area contributed by atoms with Crippen LogP contribution < -0.4 is 0 Å². The number of hydrogen-bond acceptors (Lipinski definition) is 3. The molecular formula is CH6B2O3. The maximum Gasteiger partial charge on any atom is 0.439 e. The molecular weight excluding hydrogens is 81.6 g/mol. The van der Waals surface area contributed by atoms with Gasteiger partial charge in [-0.15, -0.1) is 0 Å². The van der Waals surface area contributed by atoms with Crippen LogP contribution in [0.2, 0.25) is 6.82 Å². The van der Waals surface area contributed by atoms with E-state index in [1.165, 1.54) is 6.82 Å². The van der Waals surface area contributed by atoms with Crippen LogP contribution in [0.15, 0.2) is 0 Å². The molecule has 0 aliphatic rings. The van der Waals surface area contributed by atoms with Crippen LogP contribution in [-0.2, 0) is 0 Å². The first-order valence-corrected chi connectivity index (χ1v) is 1.69. The summed E-state index contributed by atoms with van der Waals surface area (Å²) in [5.74, 6) is 0. The Morgan fingerprint density at radius 1 is 1.17 bits per heavy atom. The molecule has 0 rings (SSSR count). The minimum absolute atomic E-state index is 1.04. The zero-order chi connectivity index (χ0) is 5.15. The highest BCUT2D eigenvalue weighted by atomic mass is 16.4. The van der Waals surface area contributed by atoms with E-state index in [0.29, 0.717) is 0 Å². The van der Waals surface area contributed by atoms with Gasteiger partial charge in [0.25, 0.3) is 0 Å². The lowest BCUT2D eigenvalue weighted by Crippen LogP contribution is -2.32. The molecule has 0 atom stereocenters. The first-order valence-electron chi connectivity index (χ1n) is 1.69. The second kappa shape index (κ2) is 2.23. The van der Waals surface area contributed by atoms with Gasteiger partial charge in [-0.05, 0) is 0 Å². The minimum atomic E-state index is -1.59. The van der Waals surface area contributed by atoms with E-state index in [-0.39, 0.29) is 0 Å². The van der Waals surface area contributed by atoms with Crippen molar-refractivity contribution in [2.75, 3.05) is 0 Å². The zero-order valence-corrected chi connectivity index (χ0v) is 3.50. The third-order valence-corrected chi connectivity index (χ3v) is 0.431. The van der Waals surface area contributed by atoms with Gasteiger partial charge in [0.1, 0.15) is 0 Å². The lowest BCUT2D eigenvalue weighted by atomic mass is 9.39. The van der Waals surface area contributed by atoms with Gasteiger partial charge >= 0.3 is 13.8 Å². The Morgan fingerprint density at radius 2 is 1.33 bits per heavy atom. The molecule has 0 bridgehead atoms. The summed E-state index contributed by atoms with van der Waals surface area (Å²) >= 11 is 0. The van der Waals surface area contributed by atoms with Gasteiger partial charge in [0.05, 0.1) is 0 Å². The van der Waals surface area contributed by atoms with E-state index in [2.05, 4.69) is 0 Å². The Morgan fingerprint density at radius 3 is 1.33 bits per heavy atom. The highest BCUT2D eigenvalue weighted by Gasteiger charge is 2.18. The minimum Gasteiger partial charge on any atom is -0.452 e. The van der Waals surface area contributed by atoms with Gasteiger partial charge in [-0.25, -0.2) is 0 Å². The van der Waals surface area contributed by atoms with Gasteiger partial charge < -0.3 is 15.1 Å². The van der Waals surface area contributed by atoms with Gasteiger partial charge in [0.15, 0.2) is 0 Å². The van der Waals surface area contributed by atoms with E-state index in [1.807, 2.05) is 0 Å². The van der Waals surface area contributed by atoms with Crippen LogP contribution in [0.1, 0.15) is 0 Å². The molecule has 3 N–H and O–H groups in total. The normalized spacial score (nSPS) is 8.00. The van der Waals surface area contributed by atoms with Gasteiger partial charge in [0.2, 0.25) is 0 Å². The molecule has 0 aliphatic heterocycles. The monoisotopic (exact) mass is 88.1 g/mol. The SMILES string of the molecule is CB(O)B(O)O. The Balaban J connectivity index is 2.99. The first-order chi connectivity index (χ1) is 2.64. The van der Waals surface area contributed by atoms with Crippen molar-refractivity contribution in [1.82, 2.24) is 0 Å². The van der Waals surface area contributed by atoms with E-state index < -0.39 is 13.8 Å². The van der Waals surface area contributed by atoms with Crippen LogP contribution in [0.4, 0.5) is 0 Å². The molecule has 34 valence electrons. The third kappa shape index (κ3) is 2.26. The van der Waals surface area contributed by atoms with E-state index in [9.17, 15) is 0 Å². The predicted octanol–water partition coefficient (Wildman–Crippen LogP) is -1.85. The summed E-state index contributed by atoms with van der Waals surface area (Å²) in [4.78, 5) is 0. The molecule has 3 nitrogen and oxygen atoms in total. The van der Waals surface area contributed by atoms with E-state index in [4.69, 9.17) is 15.1 Å². The van der Waals surface area contributed by atoms with E-state index in [0.717, 1.165) is 0 Å². The van der Waals surface area contributed by atoms with Crippen LogP contribution in [-0.4, -0.2) is 28.9 Å². The van der Waals surface area contributed by atoms with Crippen molar-refractivity contribution in [2.45, 2.75) is 6.82 Å². The molecule has 0 amide bonds. The van der Waals surface area contributed by atoms with Crippen molar-refractivity contribution in [3.8, 4) is 0 Å². The lowest BCUT2D eigenvalue weighted by Gasteiger charge is -1.91. The molecule has 0 radical (unpaired) electrons. The fraction of sp³-hybridized carbons (Fsp3) is 1.00. The molecule has 0 fully saturated rings. The first kappa shape index (κ1) is 6.01. The van der Waals surface area contributed by atoms with Crippen LogP contribution in [0.5, 0.6) is 0 Å². The molecule has 0 aliphatic carbocycles. The molecule has 0 heterocycles. The van der Waals surface area contributed by atoms with Crippen molar-refractivity contribution in [1.29, 1.82) is 0 Å². The summed E-state index contributed by atoms with van der Waals surface area (Å²) in [5, 5.41) is 24.0. The van der Waals surface area contributed by atoms with Crippen molar-refractivity contribution in [3.05, 3.63) is 0 Å². The molecule has 0 saturated heterocycles. The van der Waals surface area contributed by atoms with Crippen LogP contribution in [0.25, 0.3) is 0 Å². The van der Waals surface area contributed by atoms with Crippen molar-refractivity contribution in [3.63, 3.8) is 0 Å². The molecule has 5 heteroatoms. The third-order valence-electron chi connectivity index (χ3n) is 0.431. The summed E-state index contributed by atoms with van der Waals surface area (Å²) in [5.41, 5.74) is 0. The molecule has 0 spiro atoms. The van der Waals surface area contributed by atoms with E-state index >= 15 is 0 Å². The Bertz CT molecular complexity index is 29.8. The van der Waals surface area contributed by atoms with Crippen molar-refractivity contribution < 1.29 is 15.1 Å². The lowest BCUT2D eigenvalue weighted by molar-refractivity contribution is 0.418. The smallest absolute Gasteiger partial charge is 0.439 e. The average Bonchev–Trinajstić information content (AvgIpc) is 1.36. The zero-order valence-electron chi connectivity index (χ0n) is 3.50. The molecule has 6 heavy (non-hydrogen) atoms. The fourth-order valence-corrected chi connectivity index (χ4v) is 0. The van der Waals surface area contributed by atoms with Crippen molar-refractivity contribution in [2.24, 2.45) is 0 Å². The van der Waals surface area contributed by atoms with Gasteiger partial charge in [0, 0.05) is 0 Å². The molecule has 0 aromatic heterocycles. The molecule has 0 saturated carbocycles. The Labute approximate surface area is 36.9 Å². The van der Waals surface area contributed by atoms with Gasteiger partial charge in [-0.2, -0.15) is 0 Å². The van der Waals surface area contributed by atoms with Gasteiger partial charge in [-0.1, -0.05) is 6.82 Å². The number of hydrogen-bond donors (Lipinski definition) is 3. The Hall–Kier alpha value is 0.00987. The largest absolute Gasteiger partial charge is 0.452 e. The van der Waals surface area contributed by atoms with Crippen LogP contribution in [0, 0.1) is 0 Å². The van der Waals surface area contributed by atoms with Crippen LogP contribution >= 0.6 is 0 Å². The summed E-state index contributed by atoms with van der Waals surface area (Å²) in [6, 6.07) is 0. The van der Waals surface area contributed by atoms with E-state index in [1.54, 1.807) is 0 Å². The maximum atomic E-state index is 8.13. The Kier molecular flexibility index (Phi) is 2.23. The molecule has 0 aromatic rings. The quantitative estimate of drug-likeness (QED) is 0.329. The van der Waals surface area contributed by atoms with Gasteiger partial charge in [-0.3, -0.25) is 0 Å². The summed E-state index contributed by atoms with van der Waals surface area (Å²) in [7, 11) is -1.59. The maximum absolute atomic E-state index is 8.13. The number of rotatable bonds is 1. The fourth-order valence-electron chi connectivity index (χ4n) is 0. The van der Waals surface area contributed by atoms with Crippen molar-refractivity contribution >= 4 is 13.8 Å². The van der Waals surface area contributed by atoms with Crippen LogP contribution in [0.3, 0.4) is 0 Å². The summed E-state index contributed by atoms with van der Waals surface area (Å²) in [6.45, 7) is 0.259.